The molecule has 5 rings (SSSR count). The van der Waals surface area contributed by atoms with E-state index in [1.807, 2.05) is 23.5 Å². The molecule has 2 aromatic rings. The van der Waals surface area contributed by atoms with Crippen LogP contribution in [0, 0.1) is 12.8 Å². The highest BCUT2D eigenvalue weighted by Gasteiger charge is 2.46. The van der Waals surface area contributed by atoms with Gasteiger partial charge >= 0.3 is 0 Å². The molecule has 2 fully saturated rings. The quantitative estimate of drug-likeness (QED) is 0.855. The van der Waals surface area contributed by atoms with Gasteiger partial charge in [-0.2, -0.15) is 0 Å². The summed E-state index contributed by atoms with van der Waals surface area (Å²) in [5.74, 6) is 0.979. The van der Waals surface area contributed by atoms with Crippen molar-refractivity contribution in [2.75, 3.05) is 19.6 Å². The van der Waals surface area contributed by atoms with E-state index in [4.69, 9.17) is 0 Å². The van der Waals surface area contributed by atoms with Gasteiger partial charge in [0.05, 0.1) is 12.1 Å². The molecule has 0 N–H and O–H groups in total. The molecule has 24 heavy (non-hydrogen) atoms. The number of rotatable bonds is 4. The molecule has 1 aliphatic carbocycles. The highest BCUT2D eigenvalue weighted by atomic mass is 32.1. The van der Waals surface area contributed by atoms with Gasteiger partial charge in [0.2, 0.25) is 0 Å². The molecule has 4 heterocycles. The van der Waals surface area contributed by atoms with Gasteiger partial charge in [-0.15, -0.1) is 11.3 Å². The summed E-state index contributed by atoms with van der Waals surface area (Å²) in [6.45, 7) is 6.17. The third kappa shape index (κ3) is 2.42. The molecule has 1 saturated heterocycles. The molecule has 126 valence electrons. The number of hydrogen-bond donors (Lipinski definition) is 0. The molecule has 0 radical (unpaired) electrons. The summed E-state index contributed by atoms with van der Waals surface area (Å²) in [5.41, 5.74) is 0.880. The van der Waals surface area contributed by atoms with Crippen LogP contribution >= 0.6 is 11.3 Å². The van der Waals surface area contributed by atoms with E-state index in [9.17, 15) is 4.79 Å². The van der Waals surface area contributed by atoms with Crippen LogP contribution in [-0.4, -0.2) is 46.0 Å². The number of likely N-dealkylation sites (tertiary alicyclic amines) is 1. The number of thiophene rings is 1. The zero-order valence-corrected chi connectivity index (χ0v) is 14.8. The molecule has 2 atom stereocenters. The fourth-order valence-corrected chi connectivity index (χ4v) is 5.24. The lowest BCUT2D eigenvalue weighted by Gasteiger charge is -2.38. The SMILES string of the molecule is Cc1ccc(CN2CC3C(C2)n2cccc2C(=O)N3CC2CC2)s1. The summed E-state index contributed by atoms with van der Waals surface area (Å²) in [7, 11) is 0. The Morgan fingerprint density at radius 1 is 1.17 bits per heavy atom. The standard InChI is InChI=1S/C19H23N3OS/c1-13-4-7-15(24-13)10-20-11-17-18(12-20)22(9-14-5-6-14)19(23)16-3-2-8-21(16)17/h2-4,7-8,14,17-18H,5-6,9-12H2,1H3. The number of aryl methyl sites for hydroxylation is 1. The van der Waals surface area contributed by atoms with Crippen LogP contribution < -0.4 is 0 Å². The van der Waals surface area contributed by atoms with Crippen LogP contribution in [0.3, 0.4) is 0 Å². The molecule has 4 nitrogen and oxygen atoms in total. The molecule has 2 aliphatic heterocycles. The van der Waals surface area contributed by atoms with Crippen LogP contribution in [0.1, 0.15) is 39.1 Å². The molecule has 0 spiro atoms. The maximum atomic E-state index is 12.9. The molecule has 0 bridgehead atoms. The monoisotopic (exact) mass is 341 g/mol. The lowest BCUT2D eigenvalue weighted by molar-refractivity contribution is 0.0565. The predicted octanol–water partition coefficient (Wildman–Crippen LogP) is 3.15. The van der Waals surface area contributed by atoms with E-state index in [1.54, 1.807) is 0 Å². The first-order chi connectivity index (χ1) is 11.7. The van der Waals surface area contributed by atoms with Gasteiger partial charge in [-0.3, -0.25) is 9.69 Å². The minimum atomic E-state index is 0.238. The summed E-state index contributed by atoms with van der Waals surface area (Å²) in [6.07, 6.45) is 4.68. The maximum absolute atomic E-state index is 12.9. The topological polar surface area (TPSA) is 28.5 Å². The number of aromatic nitrogens is 1. The number of fused-ring (bicyclic) bond motifs is 3. The Morgan fingerprint density at radius 2 is 2.00 bits per heavy atom. The molecule has 1 saturated carbocycles. The van der Waals surface area contributed by atoms with Gasteiger partial charge in [-0.05, 0) is 49.9 Å². The third-order valence-corrected chi connectivity index (χ3v) is 6.66. The van der Waals surface area contributed by atoms with Crippen molar-refractivity contribution in [1.29, 1.82) is 0 Å². The van der Waals surface area contributed by atoms with Crippen molar-refractivity contribution in [3.63, 3.8) is 0 Å². The predicted molar refractivity (Wildman–Crippen MR) is 95.4 cm³/mol. The first-order valence-corrected chi connectivity index (χ1v) is 9.76. The van der Waals surface area contributed by atoms with Gasteiger partial charge < -0.3 is 9.47 Å². The molecular weight excluding hydrogens is 318 g/mol. The van der Waals surface area contributed by atoms with E-state index in [1.165, 1.54) is 22.6 Å². The molecule has 2 unspecified atom stereocenters. The van der Waals surface area contributed by atoms with E-state index in [-0.39, 0.29) is 5.91 Å². The highest BCUT2D eigenvalue weighted by molar-refractivity contribution is 7.11. The summed E-state index contributed by atoms with van der Waals surface area (Å²) >= 11 is 1.89. The molecule has 2 aromatic heterocycles. The van der Waals surface area contributed by atoms with E-state index < -0.39 is 0 Å². The number of carbonyl (C=O) groups is 1. The van der Waals surface area contributed by atoms with Crippen LogP contribution in [0.15, 0.2) is 30.5 Å². The van der Waals surface area contributed by atoms with Crippen molar-refractivity contribution < 1.29 is 4.79 Å². The zero-order chi connectivity index (χ0) is 16.3. The number of carbonyl (C=O) groups excluding carboxylic acids is 1. The lowest BCUT2D eigenvalue weighted by atomic mass is 10.1. The number of hydrogen-bond acceptors (Lipinski definition) is 3. The van der Waals surface area contributed by atoms with Crippen molar-refractivity contribution in [1.82, 2.24) is 14.4 Å². The Kier molecular flexibility index (Phi) is 3.35. The van der Waals surface area contributed by atoms with E-state index in [0.717, 1.165) is 37.8 Å². The van der Waals surface area contributed by atoms with Crippen molar-refractivity contribution >= 4 is 17.2 Å². The van der Waals surface area contributed by atoms with Crippen LogP contribution in [0.25, 0.3) is 0 Å². The van der Waals surface area contributed by atoms with Crippen LogP contribution in [0.4, 0.5) is 0 Å². The molecule has 5 heteroatoms. The molecule has 3 aliphatic rings. The second-order valence-electron chi connectivity index (χ2n) is 7.54. The minimum Gasteiger partial charge on any atom is -0.337 e. The van der Waals surface area contributed by atoms with Gasteiger partial charge in [-0.25, -0.2) is 0 Å². The Morgan fingerprint density at radius 3 is 2.75 bits per heavy atom. The van der Waals surface area contributed by atoms with Crippen LogP contribution in [0.2, 0.25) is 0 Å². The second-order valence-corrected chi connectivity index (χ2v) is 8.92. The van der Waals surface area contributed by atoms with Crippen molar-refractivity contribution in [2.24, 2.45) is 5.92 Å². The molecule has 0 aromatic carbocycles. The summed E-state index contributed by atoms with van der Waals surface area (Å²) in [5, 5.41) is 0. The first kappa shape index (κ1) is 14.7. The van der Waals surface area contributed by atoms with Crippen LogP contribution in [0.5, 0.6) is 0 Å². The minimum absolute atomic E-state index is 0.238. The van der Waals surface area contributed by atoms with Crippen LogP contribution in [-0.2, 0) is 6.54 Å². The molecule has 1 amide bonds. The number of nitrogens with zero attached hydrogens (tertiary/aromatic N) is 3. The third-order valence-electron chi connectivity index (χ3n) is 5.68. The average Bonchev–Trinajstić information content (AvgIpc) is 2.96. The van der Waals surface area contributed by atoms with Gasteiger partial charge in [0.15, 0.2) is 0 Å². The summed E-state index contributed by atoms with van der Waals surface area (Å²) in [4.78, 5) is 20.5. The zero-order valence-electron chi connectivity index (χ0n) is 14.0. The van der Waals surface area contributed by atoms with Gasteiger partial charge in [-0.1, -0.05) is 0 Å². The maximum Gasteiger partial charge on any atom is 0.270 e. The Labute approximate surface area is 146 Å². The normalized spacial score (nSPS) is 26.7. The van der Waals surface area contributed by atoms with Gasteiger partial charge in [0.1, 0.15) is 5.69 Å². The first-order valence-electron chi connectivity index (χ1n) is 8.94. The molecular formula is C19H23N3OS. The smallest absolute Gasteiger partial charge is 0.270 e. The lowest BCUT2D eigenvalue weighted by Crippen LogP contribution is -2.51. The average molecular weight is 341 g/mol. The fourth-order valence-electron chi connectivity index (χ4n) is 4.31. The second kappa shape index (κ2) is 5.46. The Hall–Kier alpha value is -1.59. The Balaban J connectivity index is 1.42. The summed E-state index contributed by atoms with van der Waals surface area (Å²) < 4.78 is 2.23. The van der Waals surface area contributed by atoms with E-state index in [2.05, 4.69) is 39.6 Å². The van der Waals surface area contributed by atoms with Gasteiger partial charge in [0.25, 0.3) is 5.91 Å². The van der Waals surface area contributed by atoms with Crippen molar-refractivity contribution in [3.05, 3.63) is 45.9 Å². The van der Waals surface area contributed by atoms with Gasteiger partial charge in [0, 0.05) is 42.1 Å². The fraction of sp³-hybridized carbons (Fsp3) is 0.526. The largest absolute Gasteiger partial charge is 0.337 e. The van der Waals surface area contributed by atoms with E-state index in [0.29, 0.717) is 12.1 Å². The van der Waals surface area contributed by atoms with E-state index >= 15 is 0 Å². The van der Waals surface area contributed by atoms with Crippen molar-refractivity contribution in [2.45, 2.75) is 38.4 Å². The van der Waals surface area contributed by atoms with Crippen molar-refractivity contribution in [3.8, 4) is 0 Å². The number of amides is 1. The summed E-state index contributed by atoms with van der Waals surface area (Å²) in [6, 6.07) is 9.21. The highest BCUT2D eigenvalue weighted by Crippen LogP contribution is 2.38. The Bertz CT molecular complexity index is 775.